The lowest BCUT2D eigenvalue weighted by Gasteiger charge is -2.29. The van der Waals surface area contributed by atoms with Crippen molar-refractivity contribution < 1.29 is 19.1 Å². The van der Waals surface area contributed by atoms with E-state index in [0.717, 1.165) is 24.8 Å². The van der Waals surface area contributed by atoms with Crippen molar-refractivity contribution in [2.24, 2.45) is 5.92 Å². The molecule has 0 heterocycles. The molecule has 2 atom stereocenters. The number of rotatable bonds is 7. The van der Waals surface area contributed by atoms with Crippen molar-refractivity contribution in [2.75, 3.05) is 13.2 Å². The molecule has 1 aromatic carbocycles. The van der Waals surface area contributed by atoms with Gasteiger partial charge in [-0.1, -0.05) is 50.1 Å². The first kappa shape index (κ1) is 19.0. The molecule has 0 saturated heterocycles. The molecule has 25 heavy (non-hydrogen) atoms. The lowest BCUT2D eigenvalue weighted by atomic mass is 9.86. The summed E-state index contributed by atoms with van der Waals surface area (Å²) in [7, 11) is 0. The van der Waals surface area contributed by atoms with Gasteiger partial charge in [-0.15, -0.1) is 0 Å². The van der Waals surface area contributed by atoms with E-state index in [4.69, 9.17) is 4.74 Å². The highest BCUT2D eigenvalue weighted by molar-refractivity contribution is 5.85. The van der Waals surface area contributed by atoms with E-state index >= 15 is 0 Å². The predicted molar refractivity (Wildman–Crippen MR) is 93.7 cm³/mol. The number of benzene rings is 1. The molecule has 1 aromatic rings. The van der Waals surface area contributed by atoms with E-state index in [2.05, 4.69) is 17.6 Å². The number of esters is 1. The molecule has 2 amide bonds. The van der Waals surface area contributed by atoms with Gasteiger partial charge in [-0.25, -0.2) is 0 Å². The predicted octanol–water partition coefficient (Wildman–Crippen LogP) is 1.58. The summed E-state index contributed by atoms with van der Waals surface area (Å²) < 4.78 is 4.92. The smallest absolute Gasteiger partial charge is 0.325 e. The second kappa shape index (κ2) is 9.81. The van der Waals surface area contributed by atoms with Crippen LogP contribution in [0.25, 0.3) is 0 Å². The van der Waals surface area contributed by atoms with Crippen LogP contribution in [0.1, 0.15) is 38.2 Å². The van der Waals surface area contributed by atoms with E-state index in [0.29, 0.717) is 5.92 Å². The fourth-order valence-corrected chi connectivity index (χ4v) is 2.99. The quantitative estimate of drug-likeness (QED) is 0.734. The molecule has 2 unspecified atom stereocenters. The van der Waals surface area contributed by atoms with Crippen LogP contribution >= 0.6 is 0 Å². The fourth-order valence-electron chi connectivity index (χ4n) is 2.99. The summed E-state index contributed by atoms with van der Waals surface area (Å²) in [5.41, 5.74) is 0.870. The Kier molecular flexibility index (Phi) is 7.44. The maximum Gasteiger partial charge on any atom is 0.325 e. The Balaban J connectivity index is 1.61. The van der Waals surface area contributed by atoms with Crippen molar-refractivity contribution in [2.45, 2.75) is 45.1 Å². The summed E-state index contributed by atoms with van der Waals surface area (Å²) in [6, 6.07) is 9.41. The van der Waals surface area contributed by atoms with E-state index < -0.39 is 5.97 Å². The van der Waals surface area contributed by atoms with Crippen molar-refractivity contribution >= 4 is 17.8 Å². The Bertz CT molecular complexity index is 588. The standard InChI is InChI=1S/C19H26N2O4/c1-14-7-5-6-10-16(14)21-18(23)13-25-19(24)12-20-17(22)11-15-8-3-2-4-9-15/h2-4,8-9,14,16H,5-7,10-13H2,1H3,(H,20,22)(H,21,23). The normalized spacial score (nSPS) is 19.7. The van der Waals surface area contributed by atoms with Gasteiger partial charge in [0.2, 0.25) is 5.91 Å². The number of amides is 2. The molecule has 6 nitrogen and oxygen atoms in total. The van der Waals surface area contributed by atoms with Crippen molar-refractivity contribution in [1.82, 2.24) is 10.6 Å². The fraction of sp³-hybridized carbons (Fsp3) is 0.526. The molecular formula is C19H26N2O4. The van der Waals surface area contributed by atoms with Crippen molar-refractivity contribution in [1.29, 1.82) is 0 Å². The zero-order valence-electron chi connectivity index (χ0n) is 14.6. The van der Waals surface area contributed by atoms with Gasteiger partial charge >= 0.3 is 5.97 Å². The highest BCUT2D eigenvalue weighted by Gasteiger charge is 2.23. The molecule has 1 aliphatic carbocycles. The second-order valence-electron chi connectivity index (χ2n) is 6.54. The zero-order valence-corrected chi connectivity index (χ0v) is 14.6. The minimum Gasteiger partial charge on any atom is -0.454 e. The highest BCUT2D eigenvalue weighted by atomic mass is 16.5. The molecule has 0 radical (unpaired) electrons. The van der Waals surface area contributed by atoms with Gasteiger partial charge in [0.15, 0.2) is 6.61 Å². The average Bonchev–Trinajstić information content (AvgIpc) is 2.61. The number of hydrogen-bond acceptors (Lipinski definition) is 4. The van der Waals surface area contributed by atoms with Crippen LogP contribution in [-0.2, 0) is 25.5 Å². The number of carbonyl (C=O) groups excluding carboxylic acids is 3. The first-order valence-electron chi connectivity index (χ1n) is 8.80. The van der Waals surface area contributed by atoms with Crippen LogP contribution in [0.5, 0.6) is 0 Å². The highest BCUT2D eigenvalue weighted by Crippen LogP contribution is 2.23. The zero-order chi connectivity index (χ0) is 18.1. The van der Waals surface area contributed by atoms with Crippen molar-refractivity contribution in [3.05, 3.63) is 35.9 Å². The third kappa shape index (κ3) is 6.95. The summed E-state index contributed by atoms with van der Waals surface area (Å²) in [5.74, 6) is -0.717. The number of carbonyl (C=O) groups is 3. The average molecular weight is 346 g/mol. The van der Waals surface area contributed by atoms with Gasteiger partial charge in [-0.05, 0) is 24.3 Å². The molecule has 2 rings (SSSR count). The second-order valence-corrected chi connectivity index (χ2v) is 6.54. The molecule has 0 aliphatic heterocycles. The first-order valence-corrected chi connectivity index (χ1v) is 8.80. The van der Waals surface area contributed by atoms with Crippen LogP contribution in [-0.4, -0.2) is 37.0 Å². The Hall–Kier alpha value is -2.37. The van der Waals surface area contributed by atoms with Gasteiger partial charge in [0.25, 0.3) is 5.91 Å². The summed E-state index contributed by atoms with van der Waals surface area (Å²) >= 11 is 0. The van der Waals surface area contributed by atoms with Gasteiger partial charge in [-0.3, -0.25) is 14.4 Å². The SMILES string of the molecule is CC1CCCCC1NC(=O)COC(=O)CNC(=O)Cc1ccccc1. The third-order valence-corrected chi connectivity index (χ3v) is 4.46. The van der Waals surface area contributed by atoms with Crippen LogP contribution < -0.4 is 10.6 Å². The number of ether oxygens (including phenoxy) is 1. The molecule has 1 fully saturated rings. The molecule has 0 spiro atoms. The van der Waals surface area contributed by atoms with Crippen LogP contribution in [0, 0.1) is 5.92 Å². The van der Waals surface area contributed by atoms with Crippen LogP contribution in [0.15, 0.2) is 30.3 Å². The largest absolute Gasteiger partial charge is 0.454 e. The van der Waals surface area contributed by atoms with E-state index in [1.807, 2.05) is 30.3 Å². The maximum absolute atomic E-state index is 11.9. The van der Waals surface area contributed by atoms with Crippen molar-refractivity contribution in [3.8, 4) is 0 Å². The van der Waals surface area contributed by atoms with Gasteiger partial charge < -0.3 is 15.4 Å². The van der Waals surface area contributed by atoms with E-state index in [-0.39, 0.29) is 37.4 Å². The summed E-state index contributed by atoms with van der Waals surface area (Å²) in [6.45, 7) is 1.58. The molecule has 0 bridgehead atoms. The van der Waals surface area contributed by atoms with Crippen molar-refractivity contribution in [3.63, 3.8) is 0 Å². The maximum atomic E-state index is 11.9. The van der Waals surface area contributed by atoms with Crippen LogP contribution in [0.2, 0.25) is 0 Å². The third-order valence-electron chi connectivity index (χ3n) is 4.46. The molecule has 136 valence electrons. The van der Waals surface area contributed by atoms with Crippen LogP contribution in [0.3, 0.4) is 0 Å². The van der Waals surface area contributed by atoms with E-state index in [9.17, 15) is 14.4 Å². The van der Waals surface area contributed by atoms with E-state index in [1.54, 1.807) is 0 Å². The van der Waals surface area contributed by atoms with Gasteiger partial charge in [0.05, 0.1) is 6.42 Å². The summed E-state index contributed by atoms with van der Waals surface area (Å²) in [5, 5.41) is 5.42. The lowest BCUT2D eigenvalue weighted by molar-refractivity contribution is -0.148. The topological polar surface area (TPSA) is 84.5 Å². The van der Waals surface area contributed by atoms with Gasteiger partial charge in [0, 0.05) is 6.04 Å². The molecular weight excluding hydrogens is 320 g/mol. The molecule has 1 aliphatic rings. The number of hydrogen-bond donors (Lipinski definition) is 2. The lowest BCUT2D eigenvalue weighted by Crippen LogP contribution is -2.43. The summed E-state index contributed by atoms with van der Waals surface area (Å²) in [4.78, 5) is 35.3. The monoisotopic (exact) mass is 346 g/mol. The Morgan fingerprint density at radius 2 is 1.80 bits per heavy atom. The Labute approximate surface area is 148 Å². The summed E-state index contributed by atoms with van der Waals surface area (Å²) in [6.07, 6.45) is 4.59. The van der Waals surface area contributed by atoms with Gasteiger partial charge in [-0.2, -0.15) is 0 Å². The van der Waals surface area contributed by atoms with Gasteiger partial charge in [0.1, 0.15) is 6.54 Å². The number of nitrogens with one attached hydrogen (secondary N) is 2. The molecule has 1 saturated carbocycles. The minimum absolute atomic E-state index is 0.158. The Morgan fingerprint density at radius 1 is 1.08 bits per heavy atom. The Morgan fingerprint density at radius 3 is 2.52 bits per heavy atom. The van der Waals surface area contributed by atoms with E-state index in [1.165, 1.54) is 6.42 Å². The first-order chi connectivity index (χ1) is 12.0. The van der Waals surface area contributed by atoms with Crippen LogP contribution in [0.4, 0.5) is 0 Å². The molecule has 2 N–H and O–H groups in total. The molecule has 6 heteroatoms. The minimum atomic E-state index is -0.617. The molecule has 0 aromatic heterocycles.